The molecule has 0 aliphatic heterocycles. The van der Waals surface area contributed by atoms with Gasteiger partial charge in [0.15, 0.2) is 3.95 Å². The Morgan fingerprint density at radius 2 is 2.25 bits per heavy atom. The summed E-state index contributed by atoms with van der Waals surface area (Å²) in [7, 11) is 0. The van der Waals surface area contributed by atoms with Crippen LogP contribution in [0.1, 0.15) is 19.8 Å². The smallest absolute Gasteiger partial charge is 0.159 e. The fourth-order valence-corrected chi connectivity index (χ4v) is 2.45. The Balaban J connectivity index is 0.00000128. The molecular formula is C11H13CuNOS2. The van der Waals surface area contributed by atoms with Gasteiger partial charge in [-0.3, -0.25) is 0 Å². The number of thiazole rings is 1. The van der Waals surface area contributed by atoms with Gasteiger partial charge in [0.1, 0.15) is 5.75 Å². The number of rotatable bonds is 4. The van der Waals surface area contributed by atoms with Gasteiger partial charge in [-0.2, -0.15) is 0 Å². The fourth-order valence-electron chi connectivity index (χ4n) is 1.36. The van der Waals surface area contributed by atoms with E-state index in [1.54, 1.807) is 11.3 Å². The van der Waals surface area contributed by atoms with Crippen LogP contribution >= 0.6 is 23.6 Å². The van der Waals surface area contributed by atoms with Gasteiger partial charge in [0.25, 0.3) is 0 Å². The predicted molar refractivity (Wildman–Crippen MR) is 67.4 cm³/mol. The van der Waals surface area contributed by atoms with Gasteiger partial charge in [0.05, 0.1) is 16.8 Å². The van der Waals surface area contributed by atoms with Gasteiger partial charge < -0.3 is 9.72 Å². The molecule has 2 aromatic rings. The minimum absolute atomic E-state index is 0. The summed E-state index contributed by atoms with van der Waals surface area (Å²) in [5, 5.41) is 0. The molecule has 0 amide bonds. The number of aromatic amines is 1. The Kier molecular flexibility index (Phi) is 5.49. The molecule has 0 atom stereocenters. The third-order valence-electron chi connectivity index (χ3n) is 2.16. The van der Waals surface area contributed by atoms with Crippen LogP contribution in [-0.4, -0.2) is 11.6 Å². The van der Waals surface area contributed by atoms with E-state index in [4.69, 9.17) is 17.0 Å². The summed E-state index contributed by atoms with van der Waals surface area (Å²) in [6, 6.07) is 6.06. The summed E-state index contributed by atoms with van der Waals surface area (Å²) in [6.07, 6.45) is 2.25. The second kappa shape index (κ2) is 6.40. The topological polar surface area (TPSA) is 25.0 Å². The number of fused-ring (bicyclic) bond motifs is 1. The van der Waals surface area contributed by atoms with Crippen molar-refractivity contribution < 1.29 is 21.8 Å². The largest absolute Gasteiger partial charge is 0.494 e. The zero-order valence-electron chi connectivity index (χ0n) is 8.88. The molecule has 1 N–H and O–H groups in total. The van der Waals surface area contributed by atoms with Crippen LogP contribution < -0.4 is 4.74 Å². The Labute approximate surface area is 115 Å². The number of aromatic nitrogens is 1. The van der Waals surface area contributed by atoms with Crippen molar-refractivity contribution in [3.8, 4) is 5.75 Å². The maximum Gasteiger partial charge on any atom is 0.159 e. The van der Waals surface area contributed by atoms with Gasteiger partial charge in [-0.05, 0) is 30.8 Å². The van der Waals surface area contributed by atoms with Crippen LogP contribution in [0.15, 0.2) is 18.2 Å². The van der Waals surface area contributed by atoms with E-state index in [-0.39, 0.29) is 17.1 Å². The van der Waals surface area contributed by atoms with Crippen molar-refractivity contribution in [2.45, 2.75) is 19.8 Å². The first-order valence-corrected chi connectivity index (χ1v) is 6.28. The summed E-state index contributed by atoms with van der Waals surface area (Å²) < 4.78 is 7.61. The molecule has 1 aromatic heterocycles. The second-order valence-electron chi connectivity index (χ2n) is 3.37. The van der Waals surface area contributed by atoms with Crippen molar-refractivity contribution in [1.82, 2.24) is 4.98 Å². The van der Waals surface area contributed by atoms with Crippen LogP contribution in [0.3, 0.4) is 0 Å². The number of hydrogen-bond acceptors (Lipinski definition) is 3. The number of H-pyrrole nitrogens is 1. The van der Waals surface area contributed by atoms with Gasteiger partial charge >= 0.3 is 0 Å². The van der Waals surface area contributed by atoms with E-state index in [1.807, 2.05) is 18.2 Å². The van der Waals surface area contributed by atoms with E-state index in [9.17, 15) is 0 Å². The molecule has 0 bridgehead atoms. The number of ether oxygens (including phenoxy) is 1. The monoisotopic (exact) mass is 302 g/mol. The van der Waals surface area contributed by atoms with Crippen molar-refractivity contribution in [2.75, 3.05) is 6.61 Å². The van der Waals surface area contributed by atoms with Crippen LogP contribution in [0.25, 0.3) is 10.2 Å². The number of hydrogen-bond donors (Lipinski definition) is 1. The van der Waals surface area contributed by atoms with Crippen LogP contribution in [0, 0.1) is 3.95 Å². The predicted octanol–water partition coefficient (Wildman–Crippen LogP) is 4.14. The summed E-state index contributed by atoms with van der Waals surface area (Å²) in [5.41, 5.74) is 1.07. The van der Waals surface area contributed by atoms with Crippen molar-refractivity contribution >= 4 is 33.8 Å². The first-order valence-electron chi connectivity index (χ1n) is 5.05. The van der Waals surface area contributed by atoms with Crippen molar-refractivity contribution in [1.29, 1.82) is 0 Å². The van der Waals surface area contributed by atoms with Crippen molar-refractivity contribution in [3.63, 3.8) is 0 Å². The van der Waals surface area contributed by atoms with Gasteiger partial charge in [0.2, 0.25) is 0 Å². The first kappa shape index (κ1) is 13.7. The van der Waals surface area contributed by atoms with Crippen LogP contribution in [0.2, 0.25) is 0 Å². The van der Waals surface area contributed by atoms with Crippen LogP contribution in [0.5, 0.6) is 5.75 Å². The second-order valence-corrected chi connectivity index (χ2v) is 5.09. The average Bonchev–Trinajstić information content (AvgIpc) is 2.57. The molecule has 1 aromatic carbocycles. The van der Waals surface area contributed by atoms with Crippen molar-refractivity contribution in [3.05, 3.63) is 22.2 Å². The molecule has 5 heteroatoms. The zero-order valence-corrected chi connectivity index (χ0v) is 11.5. The Morgan fingerprint density at radius 3 is 3.00 bits per heavy atom. The molecule has 0 spiro atoms. The molecular weight excluding hydrogens is 290 g/mol. The van der Waals surface area contributed by atoms with Gasteiger partial charge in [0, 0.05) is 23.1 Å². The third-order valence-corrected chi connectivity index (χ3v) is 3.37. The first-order chi connectivity index (χ1) is 7.29. The molecule has 2 rings (SSSR count). The maximum atomic E-state index is 5.61. The SMILES string of the molecule is CCCCOc1ccc2sc(=S)[nH]c2c1.[Cu]. The molecule has 1 radical (unpaired) electrons. The minimum atomic E-state index is 0. The van der Waals surface area contributed by atoms with E-state index in [2.05, 4.69) is 11.9 Å². The quantitative estimate of drug-likeness (QED) is 0.522. The molecule has 0 aliphatic rings. The summed E-state index contributed by atoms with van der Waals surface area (Å²) in [6.45, 7) is 2.94. The fraction of sp³-hybridized carbons (Fsp3) is 0.364. The Morgan fingerprint density at radius 1 is 1.44 bits per heavy atom. The molecule has 2 nitrogen and oxygen atoms in total. The molecule has 0 aliphatic carbocycles. The molecule has 1 heterocycles. The normalized spacial score (nSPS) is 10.1. The average molecular weight is 303 g/mol. The van der Waals surface area contributed by atoms with Gasteiger partial charge in [-0.15, -0.1) is 11.3 Å². The van der Waals surface area contributed by atoms with Crippen LogP contribution in [0.4, 0.5) is 0 Å². The number of nitrogens with one attached hydrogen (secondary N) is 1. The summed E-state index contributed by atoms with van der Waals surface area (Å²) in [4.78, 5) is 3.14. The minimum Gasteiger partial charge on any atom is -0.494 e. The number of benzene rings is 1. The molecule has 91 valence electrons. The molecule has 0 fully saturated rings. The molecule has 16 heavy (non-hydrogen) atoms. The van der Waals surface area contributed by atoms with E-state index >= 15 is 0 Å². The molecule has 0 saturated carbocycles. The molecule has 0 saturated heterocycles. The summed E-state index contributed by atoms with van der Waals surface area (Å²) in [5.74, 6) is 0.917. The van der Waals surface area contributed by atoms with Gasteiger partial charge in [-0.1, -0.05) is 13.3 Å². The van der Waals surface area contributed by atoms with E-state index in [0.717, 1.165) is 34.7 Å². The third kappa shape index (κ3) is 3.32. The maximum absolute atomic E-state index is 5.61. The summed E-state index contributed by atoms with van der Waals surface area (Å²) >= 11 is 6.68. The standard InChI is InChI=1S/C11H13NOS2.Cu/c1-2-3-6-13-8-4-5-10-9(7-8)12-11(14)15-10;/h4-5,7H,2-3,6H2,1H3,(H,12,14);. The van der Waals surface area contributed by atoms with E-state index in [0.29, 0.717) is 0 Å². The van der Waals surface area contributed by atoms with Gasteiger partial charge in [-0.25, -0.2) is 0 Å². The van der Waals surface area contributed by atoms with Crippen LogP contribution in [-0.2, 0) is 17.1 Å². The number of unbranched alkanes of at least 4 members (excludes halogenated alkanes) is 1. The molecule has 0 unspecified atom stereocenters. The van der Waals surface area contributed by atoms with Crippen molar-refractivity contribution in [2.24, 2.45) is 0 Å². The Bertz CT molecular complexity index is 506. The Hall–Kier alpha value is -0.351. The zero-order chi connectivity index (χ0) is 10.7. The van der Waals surface area contributed by atoms with E-state index < -0.39 is 0 Å². The van der Waals surface area contributed by atoms with E-state index in [1.165, 1.54) is 4.70 Å².